The first-order chi connectivity index (χ1) is 16.4. The molecule has 3 heterocycles. The van der Waals surface area contributed by atoms with E-state index in [1.807, 2.05) is 4.90 Å². The van der Waals surface area contributed by atoms with Gasteiger partial charge in [-0.1, -0.05) is 12.8 Å². The van der Waals surface area contributed by atoms with E-state index in [-0.39, 0.29) is 35.4 Å². The van der Waals surface area contributed by atoms with Crippen LogP contribution >= 0.6 is 0 Å². The number of nitrogens with one attached hydrogen (secondary N) is 1. The Balaban J connectivity index is 1.21. The van der Waals surface area contributed by atoms with Crippen LogP contribution in [0.1, 0.15) is 63.9 Å². The second kappa shape index (κ2) is 9.82. The van der Waals surface area contributed by atoms with Crippen molar-refractivity contribution >= 4 is 17.7 Å². The first-order valence-electron chi connectivity index (χ1n) is 12.8. The van der Waals surface area contributed by atoms with Crippen LogP contribution in [-0.2, 0) is 19.7 Å². The van der Waals surface area contributed by atoms with Gasteiger partial charge in [0.2, 0.25) is 5.91 Å². The Morgan fingerprint density at radius 2 is 1.97 bits per heavy atom. The van der Waals surface area contributed by atoms with Gasteiger partial charge < -0.3 is 24.6 Å². The number of rotatable bonds is 3. The van der Waals surface area contributed by atoms with E-state index in [0.29, 0.717) is 25.8 Å². The summed E-state index contributed by atoms with van der Waals surface area (Å²) in [7, 11) is 0. The highest BCUT2D eigenvalue weighted by molar-refractivity contribution is 5.94. The molecule has 8 heteroatoms. The maximum absolute atomic E-state index is 14.2. The quantitative estimate of drug-likeness (QED) is 0.678. The number of nitrogens with zero attached hydrogens (tertiary/aromatic N) is 2. The summed E-state index contributed by atoms with van der Waals surface area (Å²) < 4.78 is 25.0. The lowest BCUT2D eigenvalue weighted by Gasteiger charge is -2.43. The zero-order valence-electron chi connectivity index (χ0n) is 20.1. The SMILES string of the molecule is CC(=O)N1CC2(CCN(C3CCCCC(NC(=O)O[C@@H]4CCOC4)C3)CC2)c2cc(F)ccc21. The molecule has 1 aromatic carbocycles. The number of benzene rings is 1. The van der Waals surface area contributed by atoms with Gasteiger partial charge in [0.1, 0.15) is 11.9 Å². The number of carbonyl (C=O) groups excluding carboxylic acids is 2. The number of ether oxygens (including phenoxy) is 2. The van der Waals surface area contributed by atoms with Crippen LogP contribution in [0.4, 0.5) is 14.9 Å². The van der Waals surface area contributed by atoms with Crippen molar-refractivity contribution < 1.29 is 23.5 Å². The molecule has 186 valence electrons. The molecule has 1 spiro atoms. The minimum absolute atomic E-state index is 0.0147. The van der Waals surface area contributed by atoms with Gasteiger partial charge in [0.15, 0.2) is 0 Å². The van der Waals surface area contributed by atoms with Crippen LogP contribution in [0, 0.1) is 5.82 Å². The summed E-state index contributed by atoms with van der Waals surface area (Å²) in [5.74, 6) is -0.222. The molecule has 5 rings (SSSR count). The van der Waals surface area contributed by atoms with Crippen molar-refractivity contribution in [1.29, 1.82) is 0 Å². The van der Waals surface area contributed by atoms with E-state index in [1.54, 1.807) is 19.1 Å². The number of hydrogen-bond donors (Lipinski definition) is 1. The monoisotopic (exact) mass is 473 g/mol. The molecule has 2 unspecified atom stereocenters. The van der Waals surface area contributed by atoms with Crippen molar-refractivity contribution in [2.45, 2.75) is 81.9 Å². The molecule has 7 nitrogen and oxygen atoms in total. The number of fused-ring (bicyclic) bond motifs is 2. The number of carbonyl (C=O) groups is 2. The van der Waals surface area contributed by atoms with Crippen molar-refractivity contribution in [2.24, 2.45) is 0 Å². The largest absolute Gasteiger partial charge is 0.444 e. The molecule has 0 bridgehead atoms. The zero-order chi connectivity index (χ0) is 23.7. The van der Waals surface area contributed by atoms with Gasteiger partial charge in [-0.05, 0) is 69.0 Å². The normalized spacial score (nSPS) is 29.0. The van der Waals surface area contributed by atoms with Crippen LogP contribution in [-0.4, -0.2) is 67.9 Å². The van der Waals surface area contributed by atoms with Crippen molar-refractivity contribution in [3.63, 3.8) is 0 Å². The number of alkyl carbamates (subject to hydrolysis) is 1. The van der Waals surface area contributed by atoms with Gasteiger partial charge in [0.05, 0.1) is 13.2 Å². The van der Waals surface area contributed by atoms with Gasteiger partial charge in [-0.2, -0.15) is 0 Å². The third-order valence-corrected chi connectivity index (χ3v) is 8.31. The molecule has 0 radical (unpaired) electrons. The summed E-state index contributed by atoms with van der Waals surface area (Å²) in [6, 6.07) is 5.38. The van der Waals surface area contributed by atoms with Gasteiger partial charge in [-0.15, -0.1) is 0 Å². The fourth-order valence-corrected chi connectivity index (χ4v) is 6.42. The van der Waals surface area contributed by atoms with Crippen LogP contribution in [0.3, 0.4) is 0 Å². The number of halogens is 1. The minimum Gasteiger partial charge on any atom is -0.444 e. The smallest absolute Gasteiger partial charge is 0.407 e. The van der Waals surface area contributed by atoms with Crippen LogP contribution in [0.25, 0.3) is 0 Å². The van der Waals surface area contributed by atoms with E-state index in [2.05, 4.69) is 10.2 Å². The van der Waals surface area contributed by atoms with Crippen molar-refractivity contribution in [2.75, 3.05) is 37.7 Å². The molecule has 0 aromatic heterocycles. The van der Waals surface area contributed by atoms with E-state index < -0.39 is 0 Å². The fourth-order valence-electron chi connectivity index (χ4n) is 6.42. The molecular formula is C26H36FN3O4. The summed E-state index contributed by atoms with van der Waals surface area (Å²) >= 11 is 0. The van der Waals surface area contributed by atoms with Crippen molar-refractivity contribution in [3.05, 3.63) is 29.6 Å². The molecule has 1 N–H and O–H groups in total. The summed E-state index contributed by atoms with van der Waals surface area (Å²) in [6.45, 7) is 5.21. The lowest BCUT2D eigenvalue weighted by atomic mass is 9.74. The van der Waals surface area contributed by atoms with Gasteiger partial charge in [0.25, 0.3) is 0 Å². The van der Waals surface area contributed by atoms with Gasteiger partial charge in [-0.25, -0.2) is 9.18 Å². The topological polar surface area (TPSA) is 71.1 Å². The average molecular weight is 474 g/mol. The molecule has 3 fully saturated rings. The third-order valence-electron chi connectivity index (χ3n) is 8.31. The Hall–Kier alpha value is -2.19. The van der Waals surface area contributed by atoms with E-state index in [0.717, 1.165) is 75.7 Å². The predicted octanol–water partition coefficient (Wildman–Crippen LogP) is 3.74. The van der Waals surface area contributed by atoms with Crippen LogP contribution in [0.5, 0.6) is 0 Å². The molecular weight excluding hydrogens is 437 g/mol. The van der Waals surface area contributed by atoms with E-state index in [4.69, 9.17) is 9.47 Å². The highest BCUT2D eigenvalue weighted by Crippen LogP contribution is 2.47. The van der Waals surface area contributed by atoms with Crippen LogP contribution in [0.2, 0.25) is 0 Å². The molecule has 1 saturated carbocycles. The second-order valence-electron chi connectivity index (χ2n) is 10.5. The predicted molar refractivity (Wildman–Crippen MR) is 126 cm³/mol. The Morgan fingerprint density at radius 3 is 2.71 bits per heavy atom. The third kappa shape index (κ3) is 4.80. The lowest BCUT2D eigenvalue weighted by Crippen LogP contribution is -2.50. The number of hydrogen-bond acceptors (Lipinski definition) is 5. The van der Waals surface area contributed by atoms with Crippen molar-refractivity contribution in [3.8, 4) is 0 Å². The molecule has 34 heavy (non-hydrogen) atoms. The second-order valence-corrected chi connectivity index (χ2v) is 10.5. The average Bonchev–Trinajstić information content (AvgIpc) is 3.35. The Labute approximate surface area is 200 Å². The Bertz CT molecular complexity index is 911. The lowest BCUT2D eigenvalue weighted by molar-refractivity contribution is -0.116. The van der Waals surface area contributed by atoms with Crippen LogP contribution < -0.4 is 10.2 Å². The number of likely N-dealkylation sites (tertiary alicyclic amines) is 1. The first-order valence-corrected chi connectivity index (χ1v) is 12.8. The highest BCUT2D eigenvalue weighted by Gasteiger charge is 2.46. The van der Waals surface area contributed by atoms with Gasteiger partial charge in [0, 0.05) is 43.1 Å². The zero-order valence-corrected chi connectivity index (χ0v) is 20.1. The maximum atomic E-state index is 14.2. The molecule has 1 aliphatic carbocycles. The molecule has 4 aliphatic rings. The molecule has 2 amide bonds. The summed E-state index contributed by atoms with van der Waals surface area (Å²) in [5, 5.41) is 3.11. The Kier molecular flexibility index (Phi) is 6.80. The first kappa shape index (κ1) is 23.5. The van der Waals surface area contributed by atoms with Crippen LogP contribution in [0.15, 0.2) is 18.2 Å². The summed E-state index contributed by atoms with van der Waals surface area (Å²) in [6.07, 6.45) is 7.41. The maximum Gasteiger partial charge on any atom is 0.407 e. The molecule has 2 saturated heterocycles. The van der Waals surface area contributed by atoms with Crippen molar-refractivity contribution in [1.82, 2.24) is 10.2 Å². The number of anilines is 1. The standard InChI is InChI=1S/C26H36FN3O4/c1-18(31)30-17-26(23-14-19(27)6-7-24(23)30)9-11-29(12-10-26)21-5-3-2-4-20(15-21)28-25(32)34-22-8-13-33-16-22/h6-7,14,20-22H,2-5,8-13,15-17H2,1H3,(H,28,32)/t20?,21?,22-/m1/s1. The minimum atomic E-state index is -0.326. The number of amides is 2. The fraction of sp³-hybridized carbons (Fsp3) is 0.692. The van der Waals surface area contributed by atoms with E-state index in [1.165, 1.54) is 6.07 Å². The Morgan fingerprint density at radius 1 is 1.18 bits per heavy atom. The summed E-state index contributed by atoms with van der Waals surface area (Å²) in [5.41, 5.74) is 1.68. The molecule has 3 atom stereocenters. The molecule has 1 aromatic rings. The number of piperidine rings is 1. The molecule has 3 aliphatic heterocycles. The van der Waals surface area contributed by atoms with Gasteiger partial charge in [-0.3, -0.25) is 4.79 Å². The summed E-state index contributed by atoms with van der Waals surface area (Å²) in [4.78, 5) is 29.0. The van der Waals surface area contributed by atoms with E-state index >= 15 is 0 Å². The van der Waals surface area contributed by atoms with Gasteiger partial charge >= 0.3 is 6.09 Å². The highest BCUT2D eigenvalue weighted by atomic mass is 19.1. The van der Waals surface area contributed by atoms with E-state index in [9.17, 15) is 14.0 Å².